The van der Waals surface area contributed by atoms with Gasteiger partial charge in [-0.25, -0.2) is 40.3 Å². The van der Waals surface area contributed by atoms with Crippen molar-refractivity contribution in [1.82, 2.24) is 24.3 Å². The number of fused-ring (bicyclic) bond motifs is 6. The predicted octanol–water partition coefficient (Wildman–Crippen LogP) is 9.94. The highest BCUT2D eigenvalue weighted by molar-refractivity contribution is 7.89. The normalized spacial score (nSPS) is 28.1. The number of ketones is 2. The van der Waals surface area contributed by atoms with Crippen LogP contribution in [0, 0.1) is 46.1 Å². The average Bonchev–Trinajstić information content (AvgIpc) is 1.58. The maximum absolute atomic E-state index is 14.3. The molecular weight excluding hydrogens is 1290 g/mol. The number of Topliss-reactive ketones (excluding diaryl/α,β-unsaturated/α-hetero) is 2. The Labute approximate surface area is 565 Å². The van der Waals surface area contributed by atoms with Crippen LogP contribution in [-0.4, -0.2) is 126 Å². The lowest BCUT2D eigenvalue weighted by Gasteiger charge is -2.27. The smallest absolute Gasteiger partial charge is 0.410 e. The van der Waals surface area contributed by atoms with E-state index in [-0.39, 0.29) is 135 Å². The van der Waals surface area contributed by atoms with E-state index in [2.05, 4.69) is 4.72 Å². The Morgan fingerprint density at radius 2 is 1.01 bits per heavy atom. The largest absolute Gasteiger partial charge is 0.481 e. The van der Waals surface area contributed by atoms with E-state index in [1.54, 1.807) is 78.9 Å². The number of carbonyl (C=O) groups is 8. The van der Waals surface area contributed by atoms with Crippen molar-refractivity contribution in [1.29, 1.82) is 0 Å². The summed E-state index contributed by atoms with van der Waals surface area (Å²) in [4.78, 5) is 113. The zero-order valence-electron chi connectivity index (χ0n) is 54.7. The van der Waals surface area contributed by atoms with Gasteiger partial charge < -0.3 is 24.4 Å². The molecule has 2 saturated carbocycles. The van der Waals surface area contributed by atoms with Gasteiger partial charge >= 0.3 is 18.2 Å². The monoisotopic (exact) mass is 1380 g/mol. The van der Waals surface area contributed by atoms with Gasteiger partial charge in [-0.3, -0.25) is 43.3 Å². The first-order valence-electron chi connectivity index (χ1n) is 33.5. The lowest BCUT2D eigenvalue weighted by molar-refractivity contribution is -0.147. The van der Waals surface area contributed by atoms with Crippen molar-refractivity contribution < 1.29 is 78.6 Å². The third-order valence-electron chi connectivity index (χ3n) is 20.1. The van der Waals surface area contributed by atoms with Crippen LogP contribution in [0.25, 0.3) is 0 Å². The maximum atomic E-state index is 14.3. The molecule has 0 bridgehead atoms. The van der Waals surface area contributed by atoms with E-state index < -0.39 is 79.2 Å². The fourth-order valence-electron chi connectivity index (χ4n) is 14.4. The van der Waals surface area contributed by atoms with Gasteiger partial charge in [-0.05, 0) is 97.6 Å². The standard InChI is InChI=1S/C36H42FN3O7S.C29H35FN2O6.C7H9NO2S/c1-24-11-6-3-2-4-9-15-27-18-36(27,34(43)38-48(45,46)23-25-12-7-5-8-13-25)19-32(41)31-17-28(21-40(31)33(24)42)47-35(44)39-20-26-14-10-16-30(37)29(26)22-39;1-18-8-5-3-2-4-6-10-20-13-29(20,27(35)36)14-25(33)24-12-21(16-32(24)26(18)34)38-28(37)31-15-19-9-7-11-23(30)22(19)17-31;8-11(9,10)6-7-4-2-1-3-5-7/h5,7-10,12-16,24,27-28,31H,2-4,6,11,17-23H2,1H3,(H,38,43);6-7,9-11,18,20-21,24H,2-5,8,12-17H2,1H3,(H,35,36);1-5H,6H2,(H2,8,9,10)/b15-9-;10-6-;/t24-,27+,28+,31-,36+;18-,20+,21+,24-,29+;/m00./s1. The molecule has 4 N–H and O–H groups in total. The van der Waals surface area contributed by atoms with Crippen LogP contribution in [0.2, 0.25) is 0 Å². The Balaban J connectivity index is 0.000000185. The fourth-order valence-corrected chi connectivity index (χ4v) is 16.3. The molecule has 6 aliphatic heterocycles. The number of allylic oxidation sites excluding steroid dienone is 4. The number of ether oxygens (including phenoxy) is 2. The van der Waals surface area contributed by atoms with Crippen molar-refractivity contribution in [3.8, 4) is 0 Å². The predicted molar refractivity (Wildman–Crippen MR) is 353 cm³/mol. The summed E-state index contributed by atoms with van der Waals surface area (Å²) in [5.74, 6) is -5.15. The average molecular weight is 1380 g/mol. The molecule has 4 aromatic rings. The molecule has 8 aliphatic rings. The summed E-state index contributed by atoms with van der Waals surface area (Å²) in [5.41, 5.74) is 1.19. The number of nitrogens with two attached hydrogens (primary N) is 1. The number of benzene rings is 4. The number of halogens is 2. The Bertz CT molecular complexity index is 3920. The first-order valence-corrected chi connectivity index (χ1v) is 36.9. The van der Waals surface area contributed by atoms with Crippen LogP contribution in [-0.2, 0) is 96.0 Å². The first kappa shape index (κ1) is 71.6. The fraction of sp³-hybridized carbons (Fsp3) is 0.500. The van der Waals surface area contributed by atoms with Gasteiger partial charge in [0, 0.05) is 61.7 Å². The molecule has 2 saturated heterocycles. The Kier molecular flexibility index (Phi) is 22.7. The van der Waals surface area contributed by atoms with E-state index in [1.165, 1.54) is 31.7 Å². The van der Waals surface area contributed by atoms with Crippen LogP contribution in [0.4, 0.5) is 18.4 Å². The van der Waals surface area contributed by atoms with Crippen molar-refractivity contribution in [2.24, 2.45) is 39.6 Å². The van der Waals surface area contributed by atoms with Gasteiger partial charge in [0.1, 0.15) is 23.8 Å². The molecule has 25 heteroatoms. The van der Waals surface area contributed by atoms with E-state index in [1.807, 2.05) is 44.2 Å². The lowest BCUT2D eigenvalue weighted by Crippen LogP contribution is -2.45. The molecule has 4 fully saturated rings. The van der Waals surface area contributed by atoms with Gasteiger partial charge in [0.15, 0.2) is 11.6 Å². The van der Waals surface area contributed by atoms with Gasteiger partial charge in [0.05, 0.1) is 60.6 Å². The van der Waals surface area contributed by atoms with Crippen LogP contribution < -0.4 is 9.86 Å². The number of carboxylic acids is 1. The molecular formula is C72H86F2N6O15S2. The van der Waals surface area contributed by atoms with Crippen LogP contribution >= 0.6 is 0 Å². The van der Waals surface area contributed by atoms with E-state index in [4.69, 9.17) is 14.6 Å². The summed E-state index contributed by atoms with van der Waals surface area (Å²) in [6, 6.07) is 25.0. The highest BCUT2D eigenvalue weighted by Gasteiger charge is 2.62. The van der Waals surface area contributed by atoms with Gasteiger partial charge in [0.2, 0.25) is 37.8 Å². The second kappa shape index (κ2) is 30.7. The summed E-state index contributed by atoms with van der Waals surface area (Å²) in [6.45, 7) is 4.39. The summed E-state index contributed by atoms with van der Waals surface area (Å²) in [6.07, 6.45) is 14.1. The van der Waals surface area contributed by atoms with Crippen LogP contribution in [0.1, 0.15) is 150 Å². The minimum Gasteiger partial charge on any atom is -0.481 e. The molecule has 21 nitrogen and oxygen atoms in total. The first-order chi connectivity index (χ1) is 46.2. The van der Waals surface area contributed by atoms with Gasteiger partial charge in [-0.2, -0.15) is 0 Å². The second-order valence-electron chi connectivity index (χ2n) is 27.4. The topological polar surface area (TPSA) is 295 Å². The molecule has 2 aliphatic carbocycles. The number of carboxylic acid groups (broad SMARTS) is 1. The molecule has 0 unspecified atom stereocenters. The van der Waals surface area contributed by atoms with Crippen molar-refractivity contribution in [3.63, 3.8) is 0 Å². The molecule has 0 aromatic heterocycles. The molecule has 97 heavy (non-hydrogen) atoms. The summed E-state index contributed by atoms with van der Waals surface area (Å²) in [5, 5.41) is 14.8. The number of nitrogens with one attached hydrogen (secondary N) is 1. The van der Waals surface area contributed by atoms with Crippen molar-refractivity contribution in [2.75, 3.05) is 13.1 Å². The number of sulfonamides is 2. The van der Waals surface area contributed by atoms with Crippen LogP contribution in [0.3, 0.4) is 0 Å². The number of hydrogen-bond acceptors (Lipinski definition) is 14. The quantitative estimate of drug-likeness (QED) is 0.131. The van der Waals surface area contributed by atoms with Gasteiger partial charge in [-0.1, -0.05) is 149 Å². The molecule has 12 rings (SSSR count). The number of rotatable bonds is 9. The highest BCUT2D eigenvalue weighted by atomic mass is 32.2. The minimum atomic E-state index is -4.05. The maximum Gasteiger partial charge on any atom is 0.410 e. The summed E-state index contributed by atoms with van der Waals surface area (Å²) >= 11 is 0. The number of primary sulfonamides is 1. The SMILES string of the molecule is C[C@H]1CCCCC/C=C\[C@@H]2C[C@@]2(C(=O)NS(=O)(=O)Cc2ccccc2)CC(=O)[C@@H]2C[C@@H](OC(=O)N3Cc4cccc(F)c4C3)CN2C1=O.C[C@H]1CCCCC/C=C\[C@@H]2C[C@@]2(C(=O)O)CC(=O)[C@@H]2C[C@@H](OC(=O)N3Cc4cccc(F)c4C3)CN2C1=O.NS(=O)(=O)Cc1ccccc1. The molecule has 5 amide bonds. The minimum absolute atomic E-state index is 0.0223. The zero-order valence-corrected chi connectivity index (χ0v) is 56.4. The van der Waals surface area contributed by atoms with Gasteiger partial charge in [-0.15, -0.1) is 0 Å². The van der Waals surface area contributed by atoms with E-state index in [0.29, 0.717) is 47.9 Å². The van der Waals surface area contributed by atoms with Crippen molar-refractivity contribution in [3.05, 3.63) is 166 Å². The Morgan fingerprint density at radius 1 is 0.577 bits per heavy atom. The Hall–Kier alpha value is -8.16. The molecule has 0 spiro atoms. The van der Waals surface area contributed by atoms with Crippen LogP contribution in [0.5, 0.6) is 0 Å². The van der Waals surface area contributed by atoms with Crippen molar-refractivity contribution in [2.45, 2.75) is 179 Å². The zero-order chi connectivity index (χ0) is 69.4. The van der Waals surface area contributed by atoms with E-state index in [9.17, 15) is 69.1 Å². The summed E-state index contributed by atoms with van der Waals surface area (Å²) in [7, 11) is -7.43. The third kappa shape index (κ3) is 17.8. The van der Waals surface area contributed by atoms with Crippen molar-refractivity contribution >= 4 is 67.5 Å². The number of aliphatic carboxylic acids is 1. The molecule has 6 heterocycles. The Morgan fingerprint density at radius 3 is 1.45 bits per heavy atom. The lowest BCUT2D eigenvalue weighted by atomic mass is 9.91. The number of amides is 5. The number of hydrogen-bond donors (Lipinski definition) is 3. The molecule has 0 radical (unpaired) electrons. The molecule has 10 atom stereocenters. The molecule has 4 aromatic carbocycles. The van der Waals surface area contributed by atoms with Gasteiger partial charge in [0.25, 0.3) is 0 Å². The van der Waals surface area contributed by atoms with E-state index in [0.717, 1.165) is 62.5 Å². The number of carbonyl (C=O) groups excluding carboxylic acids is 7. The number of nitrogens with zero attached hydrogens (tertiary/aromatic N) is 4. The third-order valence-corrected chi connectivity index (χ3v) is 22.1. The second-order valence-corrected chi connectivity index (χ2v) is 30.7. The summed E-state index contributed by atoms with van der Waals surface area (Å²) < 4.78 is 89.5. The van der Waals surface area contributed by atoms with Crippen LogP contribution in [0.15, 0.2) is 121 Å². The highest BCUT2D eigenvalue weighted by Crippen LogP contribution is 2.58. The van der Waals surface area contributed by atoms with E-state index >= 15 is 0 Å². The molecule has 520 valence electrons.